The van der Waals surface area contributed by atoms with E-state index < -0.39 is 12.2 Å². The van der Waals surface area contributed by atoms with E-state index >= 15 is 0 Å². The lowest BCUT2D eigenvalue weighted by molar-refractivity contribution is 0.0622. The Balaban J connectivity index is 2.18. The highest BCUT2D eigenvalue weighted by Crippen LogP contribution is 2.23. The van der Waals surface area contributed by atoms with Crippen molar-refractivity contribution in [3.05, 3.63) is 102 Å². The van der Waals surface area contributed by atoms with Crippen molar-refractivity contribution < 1.29 is 19.1 Å². The number of benzene rings is 2. The summed E-state index contributed by atoms with van der Waals surface area (Å²) in [6, 6.07) is 20.1. The van der Waals surface area contributed by atoms with Gasteiger partial charge >= 0.3 is 12.2 Å². The second-order valence-electron chi connectivity index (χ2n) is 7.41. The largest absolute Gasteiger partial charge is 0.446 e. The monoisotopic (exact) mass is 434 g/mol. The second-order valence-corrected chi connectivity index (χ2v) is 7.41. The number of ether oxygens (including phenoxy) is 2. The Labute approximate surface area is 189 Å². The van der Waals surface area contributed by atoms with Crippen LogP contribution in [0.2, 0.25) is 0 Å². The summed E-state index contributed by atoms with van der Waals surface area (Å²) < 4.78 is 10.2. The fraction of sp³-hybridized carbons (Fsp3) is 0.231. The minimum Gasteiger partial charge on any atom is -0.446 e. The van der Waals surface area contributed by atoms with Gasteiger partial charge in [0.05, 0.1) is 12.2 Å². The summed E-state index contributed by atoms with van der Waals surface area (Å²) in [5.41, 5.74) is 5.61. The number of nitrogens with zero attached hydrogens (tertiary/aromatic N) is 1. The van der Waals surface area contributed by atoms with Gasteiger partial charge in [0, 0.05) is 6.20 Å². The van der Waals surface area contributed by atoms with Gasteiger partial charge in [-0.25, -0.2) is 15.0 Å². The number of allylic oxidation sites excluding steroid dienone is 4. The first kappa shape index (κ1) is 24.5. The first-order valence-corrected chi connectivity index (χ1v) is 10.5. The van der Waals surface area contributed by atoms with Crippen molar-refractivity contribution in [1.82, 2.24) is 10.4 Å². The van der Waals surface area contributed by atoms with Crippen LogP contribution in [0.1, 0.15) is 38.8 Å². The molecule has 6 heteroatoms. The van der Waals surface area contributed by atoms with Crippen LogP contribution < -0.4 is 5.43 Å². The van der Waals surface area contributed by atoms with Crippen LogP contribution in [-0.4, -0.2) is 29.4 Å². The van der Waals surface area contributed by atoms with Crippen molar-refractivity contribution >= 4 is 17.8 Å². The van der Waals surface area contributed by atoms with Crippen LogP contribution in [0.5, 0.6) is 0 Å². The van der Waals surface area contributed by atoms with Gasteiger partial charge in [0.25, 0.3) is 0 Å². The van der Waals surface area contributed by atoms with Crippen molar-refractivity contribution in [3.63, 3.8) is 0 Å². The molecule has 1 N–H and O–H groups in total. The van der Waals surface area contributed by atoms with E-state index in [0.29, 0.717) is 0 Å². The van der Waals surface area contributed by atoms with Crippen LogP contribution in [0.15, 0.2) is 91.2 Å². The third-order valence-corrected chi connectivity index (χ3v) is 3.98. The van der Waals surface area contributed by atoms with Gasteiger partial charge in [-0.3, -0.25) is 0 Å². The lowest BCUT2D eigenvalue weighted by Crippen LogP contribution is -2.44. The Kier molecular flexibility index (Phi) is 9.78. The molecule has 168 valence electrons. The molecular weight excluding hydrogens is 404 g/mol. The minimum absolute atomic E-state index is 0.318. The quantitative estimate of drug-likeness (QED) is 0.423. The van der Waals surface area contributed by atoms with Crippen LogP contribution in [-0.2, 0) is 9.47 Å². The molecule has 32 heavy (non-hydrogen) atoms. The van der Waals surface area contributed by atoms with Gasteiger partial charge in [-0.05, 0) is 50.5 Å². The smallest absolute Gasteiger partial charge is 0.433 e. The van der Waals surface area contributed by atoms with Gasteiger partial charge in [-0.1, -0.05) is 78.9 Å². The van der Waals surface area contributed by atoms with Crippen LogP contribution >= 0.6 is 0 Å². The second kappa shape index (κ2) is 12.8. The van der Waals surface area contributed by atoms with E-state index in [2.05, 4.69) is 29.7 Å². The molecule has 0 unspecified atom stereocenters. The summed E-state index contributed by atoms with van der Waals surface area (Å²) in [4.78, 5) is 24.2. The molecule has 2 aromatic rings. The fourth-order valence-corrected chi connectivity index (χ4v) is 2.69. The molecule has 0 aliphatic heterocycles. The number of carbonyl (C=O) groups excluding carboxylic acids is 2. The molecule has 0 heterocycles. The number of hydrogen-bond acceptors (Lipinski definition) is 4. The van der Waals surface area contributed by atoms with Crippen molar-refractivity contribution in [1.29, 1.82) is 0 Å². The zero-order valence-corrected chi connectivity index (χ0v) is 18.9. The van der Waals surface area contributed by atoms with Gasteiger partial charge in [0.2, 0.25) is 0 Å². The van der Waals surface area contributed by atoms with Crippen molar-refractivity contribution in [2.45, 2.75) is 39.9 Å². The Morgan fingerprint density at radius 3 is 1.81 bits per heavy atom. The van der Waals surface area contributed by atoms with Crippen LogP contribution in [0.25, 0.3) is 5.57 Å². The van der Waals surface area contributed by atoms with Gasteiger partial charge in [-0.15, -0.1) is 0 Å². The molecule has 0 aromatic heterocycles. The average molecular weight is 435 g/mol. The van der Waals surface area contributed by atoms with Crippen molar-refractivity contribution in [2.24, 2.45) is 0 Å². The predicted octanol–water partition coefficient (Wildman–Crippen LogP) is 6.08. The highest BCUT2D eigenvalue weighted by atomic mass is 16.6. The summed E-state index contributed by atoms with van der Waals surface area (Å²) in [7, 11) is 0. The fourth-order valence-electron chi connectivity index (χ4n) is 2.69. The number of hydrazine groups is 1. The normalized spacial score (nSPS) is 11.1. The van der Waals surface area contributed by atoms with E-state index in [9.17, 15) is 9.59 Å². The predicted molar refractivity (Wildman–Crippen MR) is 126 cm³/mol. The summed E-state index contributed by atoms with van der Waals surface area (Å²) in [5.74, 6) is 0. The van der Waals surface area contributed by atoms with E-state index in [-0.39, 0.29) is 12.2 Å². The van der Waals surface area contributed by atoms with Crippen molar-refractivity contribution in [3.8, 4) is 0 Å². The number of rotatable bonds is 7. The maximum atomic E-state index is 12.3. The molecular formula is C26H30N2O4. The zero-order valence-electron chi connectivity index (χ0n) is 18.9. The molecule has 0 radical (unpaired) electrons. The Morgan fingerprint density at radius 1 is 0.781 bits per heavy atom. The van der Waals surface area contributed by atoms with E-state index in [4.69, 9.17) is 9.47 Å². The van der Waals surface area contributed by atoms with Gasteiger partial charge in [0.15, 0.2) is 0 Å². The lowest BCUT2D eigenvalue weighted by Gasteiger charge is -2.20. The van der Waals surface area contributed by atoms with E-state index in [1.807, 2.05) is 48.6 Å². The highest BCUT2D eigenvalue weighted by Gasteiger charge is 2.17. The first-order valence-electron chi connectivity index (χ1n) is 10.5. The lowest BCUT2D eigenvalue weighted by atomic mass is 9.97. The third-order valence-electron chi connectivity index (χ3n) is 3.98. The third kappa shape index (κ3) is 8.52. The van der Waals surface area contributed by atoms with E-state index in [0.717, 1.165) is 21.7 Å². The first-order chi connectivity index (χ1) is 15.4. The SMILES string of the molecule is CC(C)OC(=O)NN(/C=C/C=C/C=C(c1ccccc1)c1ccccc1)C(=O)OC(C)C. The van der Waals surface area contributed by atoms with Crippen LogP contribution in [0.4, 0.5) is 9.59 Å². The van der Waals surface area contributed by atoms with Gasteiger partial charge in [-0.2, -0.15) is 5.01 Å². The number of carbonyl (C=O) groups is 2. The molecule has 0 atom stereocenters. The number of amides is 2. The van der Waals surface area contributed by atoms with Crippen LogP contribution in [0.3, 0.4) is 0 Å². The Morgan fingerprint density at radius 2 is 1.31 bits per heavy atom. The average Bonchev–Trinajstić information content (AvgIpc) is 2.75. The molecule has 0 aliphatic rings. The zero-order chi connectivity index (χ0) is 23.3. The topological polar surface area (TPSA) is 67.9 Å². The number of hydrogen-bond donors (Lipinski definition) is 1. The van der Waals surface area contributed by atoms with Gasteiger partial charge < -0.3 is 9.47 Å². The molecule has 0 bridgehead atoms. The van der Waals surface area contributed by atoms with E-state index in [1.54, 1.807) is 39.8 Å². The molecule has 0 spiro atoms. The molecule has 0 saturated carbocycles. The summed E-state index contributed by atoms with van der Waals surface area (Å²) in [6.07, 6.45) is 6.54. The van der Waals surface area contributed by atoms with Crippen molar-refractivity contribution in [2.75, 3.05) is 0 Å². The van der Waals surface area contributed by atoms with Gasteiger partial charge in [0.1, 0.15) is 0 Å². The molecule has 0 saturated heterocycles. The van der Waals surface area contributed by atoms with E-state index in [1.165, 1.54) is 6.20 Å². The summed E-state index contributed by atoms with van der Waals surface area (Å²) in [6.45, 7) is 6.90. The maximum Gasteiger partial charge on any atom is 0.433 e. The molecule has 2 aromatic carbocycles. The molecule has 0 aliphatic carbocycles. The summed E-state index contributed by atoms with van der Waals surface area (Å²) >= 11 is 0. The number of nitrogens with one attached hydrogen (secondary N) is 1. The maximum absolute atomic E-state index is 12.3. The molecule has 2 rings (SSSR count). The molecule has 0 fully saturated rings. The molecule has 6 nitrogen and oxygen atoms in total. The minimum atomic E-state index is -0.746. The van der Waals surface area contributed by atoms with Crippen LogP contribution in [0, 0.1) is 0 Å². The molecule has 2 amide bonds. The Hall–Kier alpha value is -3.80. The highest BCUT2D eigenvalue weighted by molar-refractivity contribution is 5.80. The summed E-state index contributed by atoms with van der Waals surface area (Å²) in [5, 5.41) is 0.952. The standard InChI is InChI=1S/C26H30N2O4/c1-20(2)31-25(29)27-28(26(30)32-21(3)4)19-13-7-12-18-24(22-14-8-5-9-15-22)23-16-10-6-11-17-23/h5-21H,1-4H3,(H,27,29)/b12-7+,19-13+. The Bertz CT molecular complexity index is 907.